The van der Waals surface area contributed by atoms with Crippen LogP contribution >= 0.6 is 11.3 Å². The van der Waals surface area contributed by atoms with E-state index in [1.54, 1.807) is 20.9 Å². The van der Waals surface area contributed by atoms with Gasteiger partial charge >= 0.3 is 0 Å². The third kappa shape index (κ3) is 3.97. The van der Waals surface area contributed by atoms with E-state index in [9.17, 15) is 9.59 Å². The molecule has 182 valence electrons. The maximum absolute atomic E-state index is 13.9. The molecule has 4 heterocycles. The molecule has 1 fully saturated rings. The van der Waals surface area contributed by atoms with E-state index in [0.29, 0.717) is 23.7 Å². The molecule has 6 rings (SSSR count). The first-order valence-electron chi connectivity index (χ1n) is 12.1. The minimum absolute atomic E-state index is 0.127. The second-order valence-electron chi connectivity index (χ2n) is 9.71. The molecule has 1 atom stereocenters. The lowest BCUT2D eigenvalue weighted by atomic mass is 9.91. The average Bonchev–Trinajstić information content (AvgIpc) is 3.62. The predicted octanol–water partition coefficient (Wildman–Crippen LogP) is 4.20. The third-order valence-electron chi connectivity index (χ3n) is 7.28. The van der Waals surface area contributed by atoms with Gasteiger partial charge in [-0.3, -0.25) is 14.3 Å². The van der Waals surface area contributed by atoms with Crippen LogP contribution in [0.15, 0.2) is 41.8 Å². The van der Waals surface area contributed by atoms with E-state index in [2.05, 4.69) is 5.32 Å². The number of nitrogens with one attached hydrogen (secondary N) is 1. The quantitative estimate of drug-likeness (QED) is 0.577. The van der Waals surface area contributed by atoms with Gasteiger partial charge in [-0.15, -0.1) is 11.3 Å². The Labute approximate surface area is 207 Å². The molecule has 2 amide bonds. The van der Waals surface area contributed by atoms with E-state index in [0.717, 1.165) is 41.8 Å². The van der Waals surface area contributed by atoms with Crippen molar-refractivity contribution in [2.75, 3.05) is 6.79 Å². The summed E-state index contributed by atoms with van der Waals surface area (Å²) in [6, 6.07) is 11.6. The Hall–Kier alpha value is -3.33. The fourth-order valence-corrected chi connectivity index (χ4v) is 5.93. The van der Waals surface area contributed by atoms with Crippen LogP contribution in [-0.2, 0) is 17.9 Å². The van der Waals surface area contributed by atoms with Crippen molar-refractivity contribution in [3.8, 4) is 22.1 Å². The van der Waals surface area contributed by atoms with Gasteiger partial charge in [0.2, 0.25) is 12.7 Å². The van der Waals surface area contributed by atoms with Crippen LogP contribution < -0.4 is 14.8 Å². The highest BCUT2D eigenvalue weighted by atomic mass is 32.1. The van der Waals surface area contributed by atoms with Gasteiger partial charge in [-0.25, -0.2) is 0 Å². The van der Waals surface area contributed by atoms with E-state index in [4.69, 9.17) is 14.6 Å². The highest BCUT2D eigenvalue weighted by molar-refractivity contribution is 7.13. The van der Waals surface area contributed by atoms with Crippen LogP contribution in [0, 0.1) is 0 Å². The average molecular weight is 493 g/mol. The topological polar surface area (TPSA) is 85.7 Å². The minimum Gasteiger partial charge on any atom is -0.454 e. The van der Waals surface area contributed by atoms with Gasteiger partial charge in [0, 0.05) is 12.6 Å². The molecule has 3 aliphatic rings. The molecule has 1 N–H and O–H groups in total. The summed E-state index contributed by atoms with van der Waals surface area (Å²) < 4.78 is 12.7. The number of aromatic nitrogens is 2. The number of carbonyl (C=O) groups excluding carboxylic acids is 2. The lowest BCUT2D eigenvalue weighted by molar-refractivity contribution is -0.134. The van der Waals surface area contributed by atoms with Crippen molar-refractivity contribution in [2.45, 2.75) is 63.7 Å². The van der Waals surface area contributed by atoms with Crippen LogP contribution in [0.1, 0.15) is 55.1 Å². The molecule has 9 heteroatoms. The number of nitrogens with zero attached hydrogens (tertiary/aromatic N) is 3. The zero-order valence-electron chi connectivity index (χ0n) is 19.7. The molecule has 2 aromatic heterocycles. The first-order chi connectivity index (χ1) is 17.0. The van der Waals surface area contributed by atoms with Crippen molar-refractivity contribution in [1.29, 1.82) is 0 Å². The van der Waals surface area contributed by atoms with Crippen molar-refractivity contribution in [3.63, 3.8) is 0 Å². The lowest BCUT2D eigenvalue weighted by Gasteiger charge is -2.44. The minimum atomic E-state index is -1.09. The number of rotatable bonds is 5. The molecule has 0 unspecified atom stereocenters. The van der Waals surface area contributed by atoms with Crippen LogP contribution in [-0.4, -0.2) is 44.9 Å². The van der Waals surface area contributed by atoms with Crippen LogP contribution in [0.2, 0.25) is 0 Å². The zero-order chi connectivity index (χ0) is 24.0. The molecular formula is C26H28N4O4S. The summed E-state index contributed by atoms with van der Waals surface area (Å²) in [6.45, 7) is 2.62. The molecule has 1 aromatic carbocycles. The van der Waals surface area contributed by atoms with E-state index in [1.807, 2.05) is 48.7 Å². The number of hydrogen-bond acceptors (Lipinski definition) is 6. The molecular weight excluding hydrogens is 464 g/mol. The monoisotopic (exact) mass is 492 g/mol. The second kappa shape index (κ2) is 8.71. The number of thiophene rings is 1. The molecule has 1 aliphatic carbocycles. The van der Waals surface area contributed by atoms with Gasteiger partial charge in [0.25, 0.3) is 5.91 Å². The van der Waals surface area contributed by atoms with Crippen molar-refractivity contribution in [3.05, 3.63) is 53.0 Å². The summed E-state index contributed by atoms with van der Waals surface area (Å²) in [7, 11) is 0. The Morgan fingerprint density at radius 3 is 2.80 bits per heavy atom. The molecule has 2 aliphatic heterocycles. The Morgan fingerprint density at radius 2 is 2.00 bits per heavy atom. The molecule has 0 radical (unpaired) electrons. The van der Waals surface area contributed by atoms with Crippen LogP contribution in [0.4, 0.5) is 0 Å². The van der Waals surface area contributed by atoms with E-state index < -0.39 is 5.54 Å². The Balaban J connectivity index is 1.35. The largest absolute Gasteiger partial charge is 0.454 e. The molecule has 3 aromatic rings. The second-order valence-corrected chi connectivity index (χ2v) is 10.7. The smallest absolute Gasteiger partial charge is 0.273 e. The Morgan fingerprint density at radius 1 is 1.17 bits per heavy atom. The summed E-state index contributed by atoms with van der Waals surface area (Å²) in [5.74, 6) is 1.02. The Bertz CT molecular complexity index is 1260. The van der Waals surface area contributed by atoms with Gasteiger partial charge in [-0.1, -0.05) is 31.4 Å². The number of fused-ring (bicyclic) bond motifs is 2. The first kappa shape index (κ1) is 22.2. The van der Waals surface area contributed by atoms with E-state index >= 15 is 0 Å². The van der Waals surface area contributed by atoms with Gasteiger partial charge in [0.05, 0.1) is 11.4 Å². The van der Waals surface area contributed by atoms with Crippen LogP contribution in [0.5, 0.6) is 11.5 Å². The number of benzene rings is 1. The van der Waals surface area contributed by atoms with Gasteiger partial charge < -0.3 is 19.7 Å². The number of hydrogen-bond donors (Lipinski definition) is 1. The standard InChI is InChI=1S/C26H28N4O4S/c1-26(25(32)27-18-6-3-2-4-7-18)15-30-20(13-19(28-30)23-8-5-11-35-23)24(31)29(26)14-17-9-10-21-22(12-17)34-16-33-21/h5,8-13,18H,2-4,6-7,14-16H2,1H3,(H,27,32)/t26-/m1/s1. The maximum atomic E-state index is 13.9. The van der Waals surface area contributed by atoms with Crippen molar-refractivity contribution in [2.24, 2.45) is 0 Å². The van der Waals surface area contributed by atoms with E-state index in [-0.39, 0.29) is 31.2 Å². The summed E-state index contributed by atoms with van der Waals surface area (Å²) in [5.41, 5.74) is 1.04. The van der Waals surface area contributed by atoms with Gasteiger partial charge in [0.15, 0.2) is 11.5 Å². The number of carbonyl (C=O) groups is 2. The maximum Gasteiger partial charge on any atom is 0.273 e. The number of amides is 2. The summed E-state index contributed by atoms with van der Waals surface area (Å²) in [5, 5.41) is 9.97. The van der Waals surface area contributed by atoms with Gasteiger partial charge in [-0.2, -0.15) is 5.10 Å². The number of ether oxygens (including phenoxy) is 2. The Kier molecular flexibility index (Phi) is 5.51. The molecule has 35 heavy (non-hydrogen) atoms. The van der Waals surface area contributed by atoms with Crippen molar-refractivity contribution >= 4 is 23.2 Å². The fourth-order valence-electron chi connectivity index (χ4n) is 5.24. The summed E-state index contributed by atoms with van der Waals surface area (Å²) in [6.07, 6.45) is 5.41. The first-order valence-corrected chi connectivity index (χ1v) is 13.0. The summed E-state index contributed by atoms with van der Waals surface area (Å²) >= 11 is 1.58. The lowest BCUT2D eigenvalue weighted by Crippen LogP contribution is -2.64. The van der Waals surface area contributed by atoms with E-state index in [1.165, 1.54) is 6.42 Å². The molecule has 1 saturated carbocycles. The SMILES string of the molecule is C[C@]1(C(=O)NC2CCCCC2)Cn2nc(-c3cccs3)cc2C(=O)N1Cc1ccc2c(c1)OCO2. The molecule has 0 spiro atoms. The fraction of sp³-hybridized carbons (Fsp3) is 0.423. The summed E-state index contributed by atoms with van der Waals surface area (Å²) in [4.78, 5) is 30.3. The van der Waals surface area contributed by atoms with Crippen molar-refractivity contribution < 1.29 is 19.1 Å². The predicted molar refractivity (Wildman–Crippen MR) is 131 cm³/mol. The van der Waals surface area contributed by atoms with Crippen molar-refractivity contribution in [1.82, 2.24) is 20.0 Å². The van der Waals surface area contributed by atoms with Crippen LogP contribution in [0.3, 0.4) is 0 Å². The normalized spacial score (nSPS) is 21.7. The molecule has 0 saturated heterocycles. The third-order valence-corrected chi connectivity index (χ3v) is 8.17. The van der Waals surface area contributed by atoms with Crippen LogP contribution in [0.25, 0.3) is 10.6 Å². The zero-order valence-corrected chi connectivity index (χ0v) is 20.5. The molecule has 8 nitrogen and oxygen atoms in total. The van der Waals surface area contributed by atoms with Gasteiger partial charge in [-0.05, 0) is 55.0 Å². The van der Waals surface area contributed by atoms with Gasteiger partial charge in [0.1, 0.15) is 16.9 Å². The highest BCUT2D eigenvalue weighted by Gasteiger charge is 2.48. The highest BCUT2D eigenvalue weighted by Crippen LogP contribution is 2.36. The molecule has 0 bridgehead atoms.